The van der Waals surface area contributed by atoms with Crippen LogP contribution in [0.4, 0.5) is 4.39 Å². The molecule has 1 aromatic carbocycles. The maximum atomic E-state index is 15.0. The van der Waals surface area contributed by atoms with E-state index < -0.39 is 36.3 Å². The third-order valence-electron chi connectivity index (χ3n) is 5.37. The predicted molar refractivity (Wildman–Crippen MR) is 97.5 cm³/mol. The Balaban J connectivity index is 1.80. The summed E-state index contributed by atoms with van der Waals surface area (Å²) >= 11 is 0. The van der Waals surface area contributed by atoms with Crippen molar-refractivity contribution in [1.29, 1.82) is 0 Å². The molecule has 2 aliphatic heterocycles. The third-order valence-corrected chi connectivity index (χ3v) is 5.37. The van der Waals surface area contributed by atoms with Crippen molar-refractivity contribution in [2.45, 2.75) is 58.0 Å². The van der Waals surface area contributed by atoms with Crippen LogP contribution in [0.2, 0.25) is 0 Å². The van der Waals surface area contributed by atoms with Crippen molar-refractivity contribution in [1.82, 2.24) is 0 Å². The number of aliphatic hydroxyl groups is 1. The lowest BCUT2D eigenvalue weighted by Crippen LogP contribution is -2.41. The normalized spacial score (nSPS) is 28.2. The number of aliphatic hydroxyl groups excluding tert-OH is 1. The topological polar surface area (TPSA) is 57.2 Å². The van der Waals surface area contributed by atoms with Crippen LogP contribution in [-0.4, -0.2) is 48.8 Å². The molecule has 2 fully saturated rings. The zero-order valence-corrected chi connectivity index (χ0v) is 15.9. The molecule has 26 heavy (non-hydrogen) atoms. The average molecular weight is 364 g/mol. The first-order valence-electron chi connectivity index (χ1n) is 8.85. The average Bonchev–Trinajstić information content (AvgIpc) is 3.06. The molecule has 0 aromatic heterocycles. The first-order valence-corrected chi connectivity index (χ1v) is 8.85. The SMILES string of the molecule is CC(=C(F)B1OC(C)(C)C(C)(C)O1)c1cccc(OC2COCC2O)c1. The fourth-order valence-electron chi connectivity index (χ4n) is 2.87. The molecule has 0 spiro atoms. The molecule has 0 aliphatic carbocycles. The summed E-state index contributed by atoms with van der Waals surface area (Å²) in [6.45, 7) is 9.84. The molecule has 3 rings (SSSR count). The van der Waals surface area contributed by atoms with Gasteiger partial charge in [-0.2, -0.15) is 0 Å². The van der Waals surface area contributed by atoms with Crippen LogP contribution in [0.25, 0.3) is 5.57 Å². The first kappa shape index (κ1) is 19.4. The van der Waals surface area contributed by atoms with Crippen molar-refractivity contribution in [3.63, 3.8) is 0 Å². The van der Waals surface area contributed by atoms with Gasteiger partial charge >= 0.3 is 7.12 Å². The van der Waals surface area contributed by atoms with Crippen molar-refractivity contribution < 1.29 is 28.3 Å². The second-order valence-electron chi connectivity index (χ2n) is 7.85. The van der Waals surface area contributed by atoms with E-state index in [2.05, 4.69) is 0 Å². The summed E-state index contributed by atoms with van der Waals surface area (Å²) in [5.41, 5.74) is -0.553. The molecule has 7 heteroatoms. The Kier molecular flexibility index (Phi) is 5.18. The summed E-state index contributed by atoms with van der Waals surface area (Å²) in [5.74, 6) is 0.554. The minimum Gasteiger partial charge on any atom is -0.485 e. The van der Waals surface area contributed by atoms with Gasteiger partial charge in [0.05, 0.1) is 24.4 Å². The van der Waals surface area contributed by atoms with Gasteiger partial charge in [-0.3, -0.25) is 0 Å². The van der Waals surface area contributed by atoms with Crippen molar-refractivity contribution in [2.24, 2.45) is 0 Å². The van der Waals surface area contributed by atoms with Crippen LogP contribution in [0.3, 0.4) is 0 Å². The monoisotopic (exact) mass is 364 g/mol. The van der Waals surface area contributed by atoms with Gasteiger partial charge in [0.15, 0.2) is 0 Å². The molecule has 2 aliphatic rings. The maximum Gasteiger partial charge on any atom is 0.525 e. The van der Waals surface area contributed by atoms with Gasteiger partial charge in [0.1, 0.15) is 23.7 Å². The summed E-state index contributed by atoms with van der Waals surface area (Å²) in [6, 6.07) is 7.10. The van der Waals surface area contributed by atoms with Crippen LogP contribution in [0.15, 0.2) is 30.0 Å². The van der Waals surface area contributed by atoms with E-state index in [1.165, 1.54) is 0 Å². The highest BCUT2D eigenvalue weighted by Gasteiger charge is 2.53. The molecular formula is C19H26BFO5. The van der Waals surface area contributed by atoms with Gasteiger partial charge < -0.3 is 23.9 Å². The lowest BCUT2D eigenvalue weighted by atomic mass is 9.83. The van der Waals surface area contributed by atoms with Crippen LogP contribution < -0.4 is 4.74 Å². The standard InChI is InChI=1S/C19H26BFO5/c1-12(17(21)20-25-18(2,3)19(4,5)26-20)13-7-6-8-14(9-13)24-16-11-23-10-15(16)22/h6-9,15-16,22H,10-11H2,1-5H3. The van der Waals surface area contributed by atoms with E-state index in [0.29, 0.717) is 23.5 Å². The van der Waals surface area contributed by atoms with E-state index in [9.17, 15) is 5.11 Å². The molecular weight excluding hydrogens is 338 g/mol. The van der Waals surface area contributed by atoms with E-state index in [4.69, 9.17) is 18.8 Å². The van der Waals surface area contributed by atoms with Crippen molar-refractivity contribution in [3.05, 3.63) is 35.6 Å². The number of benzene rings is 1. The minimum atomic E-state index is -1.03. The zero-order chi connectivity index (χ0) is 19.1. The van der Waals surface area contributed by atoms with Gasteiger partial charge in [0.25, 0.3) is 0 Å². The fraction of sp³-hybridized carbons (Fsp3) is 0.579. The second-order valence-corrected chi connectivity index (χ2v) is 7.85. The number of rotatable bonds is 4. The Morgan fingerprint density at radius 3 is 2.42 bits per heavy atom. The maximum absolute atomic E-state index is 15.0. The molecule has 0 radical (unpaired) electrons. The third kappa shape index (κ3) is 3.67. The van der Waals surface area contributed by atoms with Crippen molar-refractivity contribution in [3.8, 4) is 5.75 Å². The smallest absolute Gasteiger partial charge is 0.485 e. The number of allylic oxidation sites excluding steroid dienone is 1. The van der Waals surface area contributed by atoms with Crippen molar-refractivity contribution >= 4 is 12.7 Å². The molecule has 1 aromatic rings. The summed E-state index contributed by atoms with van der Waals surface area (Å²) in [5, 5.41) is 9.81. The van der Waals surface area contributed by atoms with Crippen LogP contribution in [0.5, 0.6) is 5.75 Å². The van der Waals surface area contributed by atoms with E-state index in [1.54, 1.807) is 31.2 Å². The number of ether oxygens (including phenoxy) is 2. The van der Waals surface area contributed by atoms with E-state index in [0.717, 1.165) is 0 Å². The summed E-state index contributed by atoms with van der Waals surface area (Å²) in [6.07, 6.45) is -1.07. The summed E-state index contributed by atoms with van der Waals surface area (Å²) in [7, 11) is -1.03. The van der Waals surface area contributed by atoms with Gasteiger partial charge in [-0.1, -0.05) is 12.1 Å². The quantitative estimate of drug-likeness (QED) is 0.832. The predicted octanol–water partition coefficient (Wildman–Crippen LogP) is 3.16. The molecule has 2 saturated heterocycles. The number of halogens is 1. The fourth-order valence-corrected chi connectivity index (χ4v) is 2.87. The largest absolute Gasteiger partial charge is 0.525 e. The number of hydrogen-bond donors (Lipinski definition) is 1. The highest BCUT2D eigenvalue weighted by Crippen LogP contribution is 2.40. The lowest BCUT2D eigenvalue weighted by Gasteiger charge is -2.32. The van der Waals surface area contributed by atoms with Crippen molar-refractivity contribution in [2.75, 3.05) is 13.2 Å². The molecule has 5 nitrogen and oxygen atoms in total. The Morgan fingerprint density at radius 2 is 1.85 bits per heavy atom. The Hall–Kier alpha value is -1.41. The zero-order valence-electron chi connectivity index (χ0n) is 15.9. The van der Waals surface area contributed by atoms with E-state index >= 15 is 4.39 Å². The molecule has 0 bridgehead atoms. The van der Waals surface area contributed by atoms with Gasteiger partial charge in [-0.15, -0.1) is 0 Å². The molecule has 0 saturated carbocycles. The summed E-state index contributed by atoms with van der Waals surface area (Å²) < 4.78 is 37.5. The molecule has 2 atom stereocenters. The summed E-state index contributed by atoms with van der Waals surface area (Å²) in [4.78, 5) is 0. The van der Waals surface area contributed by atoms with Gasteiger partial charge in [-0.05, 0) is 57.9 Å². The Labute approximate surface area is 154 Å². The molecule has 2 unspecified atom stereocenters. The second kappa shape index (κ2) is 6.96. The van der Waals surface area contributed by atoms with Crippen LogP contribution in [-0.2, 0) is 14.0 Å². The van der Waals surface area contributed by atoms with E-state index in [-0.39, 0.29) is 6.61 Å². The molecule has 1 N–H and O–H groups in total. The van der Waals surface area contributed by atoms with Crippen LogP contribution >= 0.6 is 0 Å². The number of hydrogen-bond acceptors (Lipinski definition) is 5. The highest BCUT2D eigenvalue weighted by atomic mass is 19.1. The van der Waals surface area contributed by atoms with Crippen LogP contribution in [0, 0.1) is 0 Å². The highest BCUT2D eigenvalue weighted by molar-refractivity contribution is 6.55. The minimum absolute atomic E-state index is 0.264. The first-order chi connectivity index (χ1) is 12.1. The van der Waals surface area contributed by atoms with E-state index in [1.807, 2.05) is 27.7 Å². The van der Waals surface area contributed by atoms with Gasteiger partial charge in [0, 0.05) is 0 Å². The van der Waals surface area contributed by atoms with Crippen LogP contribution in [0.1, 0.15) is 40.2 Å². The van der Waals surface area contributed by atoms with Gasteiger partial charge in [0.2, 0.25) is 0 Å². The Bertz CT molecular complexity index is 687. The molecule has 0 amide bonds. The molecule has 2 heterocycles. The van der Waals surface area contributed by atoms with Gasteiger partial charge in [-0.25, -0.2) is 4.39 Å². The molecule has 142 valence electrons. The Morgan fingerprint density at radius 1 is 1.19 bits per heavy atom. The lowest BCUT2D eigenvalue weighted by molar-refractivity contribution is 0.00578.